The van der Waals surface area contributed by atoms with E-state index in [9.17, 15) is 4.79 Å². The summed E-state index contributed by atoms with van der Waals surface area (Å²) in [7, 11) is 1.42. The molecule has 0 aliphatic heterocycles. The lowest BCUT2D eigenvalue weighted by atomic mass is 10.2. The number of aryl methyl sites for hydroxylation is 1. The van der Waals surface area contributed by atoms with Gasteiger partial charge in [0.05, 0.1) is 19.1 Å². The second-order valence-electron chi connectivity index (χ2n) is 5.60. The van der Waals surface area contributed by atoms with E-state index >= 15 is 0 Å². The number of carbonyl (C=O) groups excluding carboxylic acids is 1. The van der Waals surface area contributed by atoms with E-state index < -0.39 is 0 Å². The van der Waals surface area contributed by atoms with E-state index in [1.807, 2.05) is 19.9 Å². The fourth-order valence-electron chi connectivity index (χ4n) is 2.55. The van der Waals surface area contributed by atoms with Crippen LogP contribution in [0.4, 0.5) is 0 Å². The van der Waals surface area contributed by atoms with Crippen LogP contribution in [0.5, 0.6) is 0 Å². The van der Waals surface area contributed by atoms with E-state index in [2.05, 4.69) is 9.88 Å². The highest BCUT2D eigenvalue weighted by molar-refractivity contribution is 5.75. The largest absolute Gasteiger partial charge is 0.468 e. The van der Waals surface area contributed by atoms with Crippen molar-refractivity contribution >= 4 is 5.97 Å². The summed E-state index contributed by atoms with van der Waals surface area (Å²) in [5, 5.41) is 0. The molecule has 0 bridgehead atoms. The minimum Gasteiger partial charge on any atom is -0.468 e. The molecule has 6 heteroatoms. The Bertz CT molecular complexity index is 643. The lowest BCUT2D eigenvalue weighted by Gasteiger charge is -2.26. The van der Waals surface area contributed by atoms with Gasteiger partial charge in [-0.1, -0.05) is 0 Å². The van der Waals surface area contributed by atoms with Crippen LogP contribution in [0.2, 0.25) is 0 Å². The van der Waals surface area contributed by atoms with Crippen molar-refractivity contribution in [1.29, 1.82) is 0 Å². The van der Waals surface area contributed by atoms with Crippen LogP contribution in [-0.4, -0.2) is 35.0 Å². The SMILES string of the molecule is COC(=O)C(C)N(Cc1nc(-c2ccco2)oc1C)C1CC1. The molecule has 1 aliphatic rings. The highest BCUT2D eigenvalue weighted by atomic mass is 16.5. The summed E-state index contributed by atoms with van der Waals surface area (Å²) in [5.74, 6) is 1.60. The zero-order valence-electron chi connectivity index (χ0n) is 13.0. The summed E-state index contributed by atoms with van der Waals surface area (Å²) in [6.07, 6.45) is 3.79. The number of ether oxygens (including phenoxy) is 1. The number of esters is 1. The molecule has 2 aromatic heterocycles. The molecule has 2 heterocycles. The maximum Gasteiger partial charge on any atom is 0.322 e. The standard InChI is InChI=1S/C16H20N2O4/c1-10(16(19)20-3)18(12-6-7-12)9-13-11(2)22-15(17-13)14-5-4-8-21-14/h4-5,8,10,12H,6-7,9H2,1-3H3. The Hall–Kier alpha value is -2.08. The summed E-state index contributed by atoms with van der Waals surface area (Å²) < 4.78 is 15.9. The summed E-state index contributed by atoms with van der Waals surface area (Å²) in [4.78, 5) is 18.5. The van der Waals surface area contributed by atoms with Crippen LogP contribution in [0.1, 0.15) is 31.2 Å². The van der Waals surface area contributed by atoms with Crippen molar-refractivity contribution in [3.63, 3.8) is 0 Å². The predicted octanol–water partition coefficient (Wildman–Crippen LogP) is 2.77. The van der Waals surface area contributed by atoms with E-state index in [0.717, 1.165) is 24.3 Å². The molecule has 0 saturated heterocycles. The first-order chi connectivity index (χ1) is 10.6. The molecule has 118 valence electrons. The Morgan fingerprint density at radius 3 is 2.91 bits per heavy atom. The van der Waals surface area contributed by atoms with Gasteiger partial charge in [0.2, 0.25) is 0 Å². The van der Waals surface area contributed by atoms with Crippen molar-refractivity contribution in [1.82, 2.24) is 9.88 Å². The van der Waals surface area contributed by atoms with E-state index in [4.69, 9.17) is 13.6 Å². The first-order valence-electron chi connectivity index (χ1n) is 7.44. The summed E-state index contributed by atoms with van der Waals surface area (Å²) >= 11 is 0. The van der Waals surface area contributed by atoms with Crippen LogP contribution in [-0.2, 0) is 16.1 Å². The molecule has 1 unspecified atom stereocenters. The number of furan rings is 1. The average Bonchev–Trinajstić information content (AvgIpc) is 3.07. The minimum atomic E-state index is -0.291. The highest BCUT2D eigenvalue weighted by Crippen LogP contribution is 2.31. The van der Waals surface area contributed by atoms with Gasteiger partial charge in [-0.05, 0) is 38.8 Å². The van der Waals surface area contributed by atoms with Gasteiger partial charge in [0, 0.05) is 12.6 Å². The Morgan fingerprint density at radius 2 is 2.32 bits per heavy atom. The van der Waals surface area contributed by atoms with Gasteiger partial charge >= 0.3 is 5.97 Å². The molecule has 3 rings (SSSR count). The molecule has 1 saturated carbocycles. The minimum absolute atomic E-state index is 0.223. The zero-order chi connectivity index (χ0) is 15.7. The number of carbonyl (C=O) groups is 1. The van der Waals surface area contributed by atoms with Gasteiger partial charge in [-0.15, -0.1) is 0 Å². The maximum absolute atomic E-state index is 11.8. The number of nitrogens with zero attached hydrogens (tertiary/aromatic N) is 2. The fraction of sp³-hybridized carbons (Fsp3) is 0.500. The molecule has 6 nitrogen and oxygen atoms in total. The van der Waals surface area contributed by atoms with E-state index in [-0.39, 0.29) is 12.0 Å². The molecule has 2 aromatic rings. The molecule has 0 spiro atoms. The van der Waals surface area contributed by atoms with Crippen molar-refractivity contribution in [3.8, 4) is 11.7 Å². The van der Waals surface area contributed by atoms with E-state index in [1.54, 1.807) is 12.3 Å². The molecule has 0 N–H and O–H groups in total. The predicted molar refractivity (Wildman–Crippen MR) is 79.0 cm³/mol. The van der Waals surface area contributed by atoms with Crippen molar-refractivity contribution in [2.75, 3.05) is 7.11 Å². The topological polar surface area (TPSA) is 68.7 Å². The van der Waals surface area contributed by atoms with Crippen LogP contribution in [0, 0.1) is 6.92 Å². The first kappa shape index (κ1) is 14.8. The molecule has 1 atom stereocenters. The van der Waals surface area contributed by atoms with Gasteiger partial charge in [-0.3, -0.25) is 9.69 Å². The van der Waals surface area contributed by atoms with E-state index in [0.29, 0.717) is 24.2 Å². The smallest absolute Gasteiger partial charge is 0.322 e. The van der Waals surface area contributed by atoms with Crippen molar-refractivity contribution in [2.24, 2.45) is 0 Å². The van der Waals surface area contributed by atoms with Gasteiger partial charge in [-0.2, -0.15) is 0 Å². The molecule has 0 aromatic carbocycles. The third kappa shape index (κ3) is 2.92. The van der Waals surface area contributed by atoms with E-state index in [1.165, 1.54) is 7.11 Å². The van der Waals surface area contributed by atoms with Crippen LogP contribution >= 0.6 is 0 Å². The summed E-state index contributed by atoms with van der Waals surface area (Å²) in [5.41, 5.74) is 0.828. The molecule has 0 amide bonds. The Morgan fingerprint density at radius 1 is 1.55 bits per heavy atom. The second-order valence-corrected chi connectivity index (χ2v) is 5.60. The third-order valence-corrected chi connectivity index (χ3v) is 4.01. The lowest BCUT2D eigenvalue weighted by molar-refractivity contribution is -0.146. The summed E-state index contributed by atoms with van der Waals surface area (Å²) in [6.45, 7) is 4.31. The molecular weight excluding hydrogens is 284 g/mol. The highest BCUT2D eigenvalue weighted by Gasteiger charge is 2.36. The van der Waals surface area contributed by atoms with Gasteiger partial charge in [0.15, 0.2) is 5.76 Å². The van der Waals surface area contributed by atoms with Gasteiger partial charge in [-0.25, -0.2) is 4.98 Å². The van der Waals surface area contributed by atoms with Crippen molar-refractivity contribution < 1.29 is 18.4 Å². The maximum atomic E-state index is 11.8. The Labute approximate surface area is 129 Å². The Balaban J connectivity index is 1.80. The van der Waals surface area contributed by atoms with Gasteiger partial charge in [0.1, 0.15) is 11.8 Å². The summed E-state index contributed by atoms with van der Waals surface area (Å²) in [6, 6.07) is 3.73. The number of methoxy groups -OCH3 is 1. The quantitative estimate of drug-likeness (QED) is 0.764. The van der Waals surface area contributed by atoms with Crippen molar-refractivity contribution in [3.05, 3.63) is 29.9 Å². The van der Waals surface area contributed by atoms with Crippen LogP contribution in [0.15, 0.2) is 27.2 Å². The molecule has 1 fully saturated rings. The number of oxazole rings is 1. The van der Waals surface area contributed by atoms with Crippen LogP contribution in [0.3, 0.4) is 0 Å². The van der Waals surface area contributed by atoms with Gasteiger partial charge in [0.25, 0.3) is 5.89 Å². The molecule has 0 radical (unpaired) electrons. The molecular formula is C16H20N2O4. The second kappa shape index (κ2) is 5.96. The molecule has 1 aliphatic carbocycles. The normalized spacial score (nSPS) is 16.0. The number of aromatic nitrogens is 1. The van der Waals surface area contributed by atoms with Gasteiger partial charge < -0.3 is 13.6 Å². The average molecular weight is 304 g/mol. The van der Waals surface area contributed by atoms with Crippen LogP contribution in [0.25, 0.3) is 11.7 Å². The molecule has 22 heavy (non-hydrogen) atoms. The van der Waals surface area contributed by atoms with Crippen molar-refractivity contribution in [2.45, 2.75) is 45.3 Å². The number of hydrogen-bond donors (Lipinski definition) is 0. The fourth-order valence-corrected chi connectivity index (χ4v) is 2.55. The lowest BCUT2D eigenvalue weighted by Crippen LogP contribution is -2.40. The zero-order valence-corrected chi connectivity index (χ0v) is 13.0. The van der Waals surface area contributed by atoms with Crippen LogP contribution < -0.4 is 0 Å². The Kier molecular flexibility index (Phi) is 4.02. The first-order valence-corrected chi connectivity index (χ1v) is 7.44. The monoisotopic (exact) mass is 304 g/mol. The third-order valence-electron chi connectivity index (χ3n) is 4.01. The number of hydrogen-bond acceptors (Lipinski definition) is 6. The number of rotatable bonds is 6.